The number of nitrogens with one attached hydrogen (secondary N) is 1. The number of ether oxygens (including phenoxy) is 1. The Hall–Kier alpha value is -4.35. The van der Waals surface area contributed by atoms with E-state index in [-0.39, 0.29) is 23.7 Å². The number of nitrogens with zero attached hydrogens (tertiary/aromatic N) is 4. The van der Waals surface area contributed by atoms with Crippen molar-refractivity contribution in [3.8, 4) is 11.8 Å². The molecule has 6 N–H and O–H groups in total. The van der Waals surface area contributed by atoms with Crippen LogP contribution in [0.5, 0.6) is 5.75 Å². The third-order valence-corrected chi connectivity index (χ3v) is 8.30. The lowest BCUT2D eigenvalue weighted by atomic mass is 9.96. The smallest absolute Gasteiger partial charge is 0.459 e. The Bertz CT molecular complexity index is 1650. The fraction of sp³-hybridized carbons (Fsp3) is 0.259. The molecule has 218 valence electrons. The van der Waals surface area contributed by atoms with E-state index in [9.17, 15) is 29.9 Å². The lowest BCUT2D eigenvalue weighted by Gasteiger charge is -2.28. The molecule has 15 heteroatoms. The second-order valence-electron chi connectivity index (χ2n) is 9.56. The molecule has 3 heterocycles. The number of aliphatic hydroxyl groups is 2. The third-order valence-electron chi connectivity index (χ3n) is 6.75. The summed E-state index contributed by atoms with van der Waals surface area (Å²) >= 11 is 0. The lowest BCUT2D eigenvalue weighted by molar-refractivity contribution is -0.139. The van der Waals surface area contributed by atoms with Gasteiger partial charge < -0.3 is 30.3 Å². The largest absolute Gasteiger partial charge is 0.480 e. The molecular formula is C27H27N6O8P. The van der Waals surface area contributed by atoms with Gasteiger partial charge in [0.05, 0.1) is 5.69 Å². The highest BCUT2D eigenvalue weighted by Gasteiger charge is 2.57. The number of carboxylic acids is 1. The van der Waals surface area contributed by atoms with Crippen molar-refractivity contribution in [1.82, 2.24) is 19.7 Å². The van der Waals surface area contributed by atoms with Gasteiger partial charge in [-0.05, 0) is 36.2 Å². The van der Waals surface area contributed by atoms with Crippen LogP contribution in [0.15, 0.2) is 79.1 Å². The van der Waals surface area contributed by atoms with E-state index in [0.29, 0.717) is 11.1 Å². The highest BCUT2D eigenvalue weighted by atomic mass is 31.2. The number of aromatic nitrogens is 3. The van der Waals surface area contributed by atoms with Gasteiger partial charge in [0.2, 0.25) is 5.60 Å². The zero-order valence-corrected chi connectivity index (χ0v) is 22.8. The first-order valence-electron chi connectivity index (χ1n) is 12.7. The second-order valence-corrected chi connectivity index (χ2v) is 11.3. The van der Waals surface area contributed by atoms with Crippen molar-refractivity contribution in [3.05, 3.63) is 90.4 Å². The van der Waals surface area contributed by atoms with E-state index in [1.807, 2.05) is 6.07 Å². The number of para-hydroxylation sites is 1. The number of nitrogens with two attached hydrogens (primary N) is 1. The Morgan fingerprint density at radius 3 is 2.52 bits per heavy atom. The Kier molecular flexibility index (Phi) is 8.24. The Labute approximate surface area is 239 Å². The van der Waals surface area contributed by atoms with Crippen molar-refractivity contribution in [2.45, 2.75) is 36.4 Å². The summed E-state index contributed by atoms with van der Waals surface area (Å²) in [4.78, 5) is 16.1. The SMILES string of the molecule is N#C[C@]1(COP(=O)(NC(Cc2ccccc2)C(=O)O)Oc2ccccc2)O[C@@H](c2ccc3c(N)ncnn23)[C@H](O)[C@@H]1O. The molecule has 1 aliphatic heterocycles. The topological polar surface area (TPSA) is 215 Å². The molecule has 1 saturated heterocycles. The number of nitrogen functional groups attached to an aromatic ring is 1. The molecule has 4 aromatic rings. The minimum absolute atomic E-state index is 0.0722. The van der Waals surface area contributed by atoms with Crippen molar-refractivity contribution < 1.29 is 38.5 Å². The molecule has 0 amide bonds. The van der Waals surface area contributed by atoms with Crippen LogP contribution in [-0.4, -0.2) is 66.3 Å². The van der Waals surface area contributed by atoms with E-state index in [0.717, 1.165) is 0 Å². The maximum absolute atomic E-state index is 14.1. The second kappa shape index (κ2) is 11.9. The van der Waals surface area contributed by atoms with Gasteiger partial charge in [-0.1, -0.05) is 48.5 Å². The molecule has 2 unspecified atom stereocenters. The van der Waals surface area contributed by atoms with Gasteiger partial charge in [-0.3, -0.25) is 9.32 Å². The molecule has 0 radical (unpaired) electrons. The normalized spacial score (nSPS) is 24.1. The minimum Gasteiger partial charge on any atom is -0.480 e. The summed E-state index contributed by atoms with van der Waals surface area (Å²) in [6, 6.07) is 20.1. The standard InChI is InChI=1S/C27H27N6O8P/c28-14-27(24(35)22(34)23(40-27)20-11-12-21-25(29)30-16-31-33(20)21)15-39-42(38,41-18-9-5-2-6-10-18)32-19(26(36)37)13-17-7-3-1-4-8-17/h1-12,16,19,22-24,34-35H,13,15H2,(H,32,38)(H,36,37)(H2,29,30,31)/t19?,22-,23-,24-,27+,42?/m0/s1. The number of nitriles is 1. The molecule has 0 aliphatic carbocycles. The molecule has 0 spiro atoms. The molecule has 6 atom stereocenters. The number of hydrogen-bond donors (Lipinski definition) is 5. The van der Waals surface area contributed by atoms with E-state index < -0.39 is 50.3 Å². The Balaban J connectivity index is 1.42. The van der Waals surface area contributed by atoms with Gasteiger partial charge in [-0.25, -0.2) is 14.1 Å². The van der Waals surface area contributed by atoms with E-state index in [2.05, 4.69) is 15.2 Å². The molecule has 14 nitrogen and oxygen atoms in total. The fourth-order valence-corrected chi connectivity index (χ4v) is 6.12. The van der Waals surface area contributed by atoms with Crippen LogP contribution in [0.2, 0.25) is 0 Å². The van der Waals surface area contributed by atoms with Crippen molar-refractivity contribution in [2.75, 3.05) is 12.3 Å². The summed E-state index contributed by atoms with van der Waals surface area (Å²) < 4.78 is 32.5. The van der Waals surface area contributed by atoms with Crippen LogP contribution in [0.1, 0.15) is 17.4 Å². The first-order chi connectivity index (χ1) is 20.1. The van der Waals surface area contributed by atoms with Gasteiger partial charge in [0.25, 0.3) is 0 Å². The average Bonchev–Trinajstić information content (AvgIpc) is 3.53. The van der Waals surface area contributed by atoms with Crippen molar-refractivity contribution in [3.63, 3.8) is 0 Å². The monoisotopic (exact) mass is 594 g/mol. The van der Waals surface area contributed by atoms with Crippen molar-refractivity contribution in [2.24, 2.45) is 0 Å². The maximum Gasteiger partial charge on any atom is 0.459 e. The number of rotatable bonds is 11. The van der Waals surface area contributed by atoms with E-state index >= 15 is 0 Å². The van der Waals surface area contributed by atoms with Gasteiger partial charge in [-0.15, -0.1) is 0 Å². The van der Waals surface area contributed by atoms with Crippen molar-refractivity contribution >= 4 is 25.1 Å². The predicted octanol–water partition coefficient (Wildman–Crippen LogP) is 1.86. The Morgan fingerprint density at radius 2 is 1.86 bits per heavy atom. The van der Waals surface area contributed by atoms with Gasteiger partial charge in [0.1, 0.15) is 54.6 Å². The quantitative estimate of drug-likeness (QED) is 0.157. The summed E-state index contributed by atoms with van der Waals surface area (Å²) in [5.41, 5.74) is 4.97. The number of carbonyl (C=O) groups is 1. The number of hydrogen-bond acceptors (Lipinski definition) is 11. The number of carboxylic acid groups (broad SMARTS) is 1. The van der Waals surface area contributed by atoms with Crippen LogP contribution < -0.4 is 15.3 Å². The molecular weight excluding hydrogens is 567 g/mol. The average molecular weight is 595 g/mol. The number of aliphatic carboxylic acids is 1. The lowest BCUT2D eigenvalue weighted by Crippen LogP contribution is -2.46. The number of aliphatic hydroxyl groups excluding tert-OH is 2. The summed E-state index contributed by atoms with van der Waals surface area (Å²) in [7, 11) is -4.57. The zero-order chi connectivity index (χ0) is 29.9. The van der Waals surface area contributed by atoms with Gasteiger partial charge >= 0.3 is 13.7 Å². The summed E-state index contributed by atoms with van der Waals surface area (Å²) in [6.07, 6.45) is -3.61. The molecule has 0 bridgehead atoms. The fourth-order valence-electron chi connectivity index (χ4n) is 4.60. The molecule has 1 fully saturated rings. The minimum atomic E-state index is -4.57. The summed E-state index contributed by atoms with van der Waals surface area (Å²) in [5, 5.41) is 48.4. The number of anilines is 1. The van der Waals surface area contributed by atoms with Crippen LogP contribution in [0.3, 0.4) is 0 Å². The van der Waals surface area contributed by atoms with Gasteiger partial charge in [0.15, 0.2) is 5.82 Å². The van der Waals surface area contributed by atoms with Crippen LogP contribution in [0, 0.1) is 11.3 Å². The van der Waals surface area contributed by atoms with Gasteiger partial charge in [0, 0.05) is 0 Å². The first kappa shape index (κ1) is 29.2. The van der Waals surface area contributed by atoms with Crippen LogP contribution >= 0.6 is 7.75 Å². The van der Waals surface area contributed by atoms with Crippen molar-refractivity contribution in [1.29, 1.82) is 5.26 Å². The molecule has 5 rings (SSSR count). The predicted molar refractivity (Wildman–Crippen MR) is 147 cm³/mol. The van der Waals surface area contributed by atoms with E-state index in [4.69, 9.17) is 19.5 Å². The molecule has 2 aromatic heterocycles. The van der Waals surface area contributed by atoms with E-state index in [1.165, 1.54) is 23.0 Å². The summed E-state index contributed by atoms with van der Waals surface area (Å²) in [6.45, 7) is -0.868. The van der Waals surface area contributed by atoms with Crippen LogP contribution in [0.25, 0.3) is 5.52 Å². The maximum atomic E-state index is 14.1. The summed E-state index contributed by atoms with van der Waals surface area (Å²) in [5.74, 6) is -1.08. The Morgan fingerprint density at radius 1 is 1.17 bits per heavy atom. The highest BCUT2D eigenvalue weighted by Crippen LogP contribution is 2.48. The molecule has 1 aliphatic rings. The third kappa shape index (κ3) is 5.83. The van der Waals surface area contributed by atoms with Crippen LogP contribution in [-0.2, 0) is 25.0 Å². The first-order valence-corrected chi connectivity index (χ1v) is 14.3. The zero-order valence-electron chi connectivity index (χ0n) is 21.9. The van der Waals surface area contributed by atoms with Crippen LogP contribution in [0.4, 0.5) is 5.82 Å². The highest BCUT2D eigenvalue weighted by molar-refractivity contribution is 7.52. The number of benzene rings is 2. The number of fused-ring (bicyclic) bond motifs is 1. The molecule has 0 saturated carbocycles. The molecule has 2 aromatic carbocycles. The van der Waals surface area contributed by atoms with Gasteiger partial charge in [-0.2, -0.15) is 15.4 Å². The molecule has 42 heavy (non-hydrogen) atoms. The van der Waals surface area contributed by atoms with E-state index in [1.54, 1.807) is 60.7 Å².